The number of benzene rings is 1. The van der Waals surface area contributed by atoms with Gasteiger partial charge in [0.1, 0.15) is 0 Å². The van der Waals surface area contributed by atoms with Gasteiger partial charge in [-0.25, -0.2) is 0 Å². The van der Waals surface area contributed by atoms with Gasteiger partial charge in [0.2, 0.25) is 0 Å². The van der Waals surface area contributed by atoms with Crippen LogP contribution in [0.15, 0.2) is 18.2 Å². The van der Waals surface area contributed by atoms with Gasteiger partial charge in [0, 0.05) is 25.7 Å². The Hall–Kier alpha value is 0.01000. The molecule has 1 aliphatic heterocycles. The maximum Gasteiger partial charge on any atom is 0.0595 e. The molecule has 1 aromatic rings. The first-order valence-corrected chi connectivity index (χ1v) is 7.31. The second-order valence-corrected chi connectivity index (χ2v) is 6.42. The lowest BCUT2D eigenvalue weighted by atomic mass is 9.98. The summed E-state index contributed by atoms with van der Waals surface area (Å²) in [6.07, 6.45) is 2.50. The van der Waals surface area contributed by atoms with Crippen LogP contribution in [0.4, 0.5) is 0 Å². The van der Waals surface area contributed by atoms with Crippen molar-refractivity contribution in [3.63, 3.8) is 0 Å². The number of hydrogen-bond donors (Lipinski definition) is 1. The van der Waals surface area contributed by atoms with Gasteiger partial charge in [-0.3, -0.25) is 4.90 Å². The van der Waals surface area contributed by atoms with Gasteiger partial charge in [-0.05, 0) is 42.4 Å². The Morgan fingerprint density at radius 3 is 2.63 bits per heavy atom. The topological polar surface area (TPSA) is 29.3 Å². The number of fused-ring (bicyclic) bond motifs is 1. The average Bonchev–Trinajstić information content (AvgIpc) is 2.87. The molecule has 1 heterocycles. The van der Waals surface area contributed by atoms with Crippen LogP contribution in [-0.2, 0) is 6.54 Å². The molecule has 0 spiro atoms. The largest absolute Gasteiger partial charge is 0.327 e. The van der Waals surface area contributed by atoms with Crippen molar-refractivity contribution in [2.45, 2.75) is 25.4 Å². The molecular formula is C14H19Cl3N2. The lowest BCUT2D eigenvalue weighted by molar-refractivity contribution is 0.298. The van der Waals surface area contributed by atoms with Crippen LogP contribution in [0.5, 0.6) is 0 Å². The van der Waals surface area contributed by atoms with Crippen LogP contribution in [0.3, 0.4) is 0 Å². The van der Waals surface area contributed by atoms with Gasteiger partial charge in [-0.15, -0.1) is 12.4 Å². The summed E-state index contributed by atoms with van der Waals surface area (Å²) in [6.45, 7) is 3.27. The zero-order valence-corrected chi connectivity index (χ0v) is 13.0. The normalized spacial score (nSPS) is 30.2. The number of rotatable bonds is 2. The van der Waals surface area contributed by atoms with E-state index in [9.17, 15) is 0 Å². The lowest BCUT2D eigenvalue weighted by Gasteiger charge is -2.18. The molecule has 1 aromatic carbocycles. The third kappa shape index (κ3) is 3.20. The second kappa shape index (κ2) is 6.19. The average molecular weight is 322 g/mol. The Kier molecular flexibility index (Phi) is 5.02. The van der Waals surface area contributed by atoms with Gasteiger partial charge < -0.3 is 5.73 Å². The Bertz CT molecular complexity index is 452. The van der Waals surface area contributed by atoms with E-state index in [2.05, 4.69) is 11.0 Å². The van der Waals surface area contributed by atoms with Crippen LogP contribution in [-0.4, -0.2) is 24.0 Å². The molecule has 2 nitrogen and oxygen atoms in total. The number of likely N-dealkylation sites (tertiary alicyclic amines) is 1. The quantitative estimate of drug-likeness (QED) is 0.902. The van der Waals surface area contributed by atoms with E-state index in [4.69, 9.17) is 28.9 Å². The number of halogens is 3. The van der Waals surface area contributed by atoms with Crippen molar-refractivity contribution in [1.29, 1.82) is 0 Å². The highest BCUT2D eigenvalue weighted by Crippen LogP contribution is 2.37. The van der Waals surface area contributed by atoms with Crippen molar-refractivity contribution in [3.8, 4) is 0 Å². The summed E-state index contributed by atoms with van der Waals surface area (Å²) in [6, 6.07) is 6.32. The summed E-state index contributed by atoms with van der Waals surface area (Å²) < 4.78 is 0. The molecule has 106 valence electrons. The van der Waals surface area contributed by atoms with Gasteiger partial charge in [-0.1, -0.05) is 29.3 Å². The smallest absolute Gasteiger partial charge is 0.0595 e. The molecular weight excluding hydrogens is 303 g/mol. The van der Waals surface area contributed by atoms with Gasteiger partial charge in [0.15, 0.2) is 0 Å². The predicted octanol–water partition coefficient (Wildman–Crippen LogP) is 3.58. The zero-order valence-electron chi connectivity index (χ0n) is 10.7. The summed E-state index contributed by atoms with van der Waals surface area (Å²) in [7, 11) is 0. The minimum atomic E-state index is 0. The summed E-state index contributed by atoms with van der Waals surface area (Å²) in [5, 5.41) is 1.27. The fourth-order valence-corrected chi connectivity index (χ4v) is 3.75. The van der Waals surface area contributed by atoms with E-state index >= 15 is 0 Å². The van der Waals surface area contributed by atoms with Crippen LogP contribution in [0.2, 0.25) is 10.0 Å². The molecule has 2 aliphatic rings. The molecule has 2 N–H and O–H groups in total. The molecule has 3 rings (SSSR count). The fraction of sp³-hybridized carbons (Fsp3) is 0.571. The van der Waals surface area contributed by atoms with E-state index in [0.717, 1.165) is 19.0 Å². The Labute approximate surface area is 130 Å². The van der Waals surface area contributed by atoms with Crippen molar-refractivity contribution in [1.82, 2.24) is 4.90 Å². The van der Waals surface area contributed by atoms with Gasteiger partial charge >= 0.3 is 0 Å². The molecule has 0 bridgehead atoms. The van der Waals surface area contributed by atoms with Crippen molar-refractivity contribution in [2.75, 3.05) is 13.1 Å². The monoisotopic (exact) mass is 320 g/mol. The molecule has 1 saturated carbocycles. The first-order chi connectivity index (χ1) is 8.63. The molecule has 19 heavy (non-hydrogen) atoms. The highest BCUT2D eigenvalue weighted by molar-refractivity contribution is 6.42. The second-order valence-electron chi connectivity index (χ2n) is 5.61. The van der Waals surface area contributed by atoms with Crippen LogP contribution < -0.4 is 5.73 Å². The Balaban J connectivity index is 0.00000133. The van der Waals surface area contributed by atoms with Crippen molar-refractivity contribution < 1.29 is 0 Å². The van der Waals surface area contributed by atoms with E-state index in [-0.39, 0.29) is 12.4 Å². The van der Waals surface area contributed by atoms with Crippen LogP contribution in [0.1, 0.15) is 18.4 Å². The van der Waals surface area contributed by atoms with Crippen LogP contribution in [0, 0.1) is 11.8 Å². The summed E-state index contributed by atoms with van der Waals surface area (Å²) in [5.74, 6) is 1.51. The lowest BCUT2D eigenvalue weighted by Crippen LogP contribution is -2.30. The van der Waals surface area contributed by atoms with Gasteiger partial charge in [0.05, 0.1) is 10.0 Å². The van der Waals surface area contributed by atoms with E-state index < -0.39 is 0 Å². The van der Waals surface area contributed by atoms with Crippen molar-refractivity contribution in [3.05, 3.63) is 33.8 Å². The van der Waals surface area contributed by atoms with Crippen molar-refractivity contribution >= 4 is 35.6 Å². The molecule has 1 aliphatic carbocycles. The van der Waals surface area contributed by atoms with E-state index in [1.165, 1.54) is 24.9 Å². The maximum absolute atomic E-state index is 6.15. The number of nitrogens with two attached hydrogens (primary N) is 1. The molecule has 2 fully saturated rings. The van der Waals surface area contributed by atoms with Gasteiger partial charge in [0.25, 0.3) is 0 Å². The molecule has 0 radical (unpaired) electrons. The van der Waals surface area contributed by atoms with Gasteiger partial charge in [-0.2, -0.15) is 0 Å². The first kappa shape index (κ1) is 15.4. The van der Waals surface area contributed by atoms with Crippen molar-refractivity contribution in [2.24, 2.45) is 17.6 Å². The van der Waals surface area contributed by atoms with Crippen LogP contribution >= 0.6 is 35.6 Å². The number of nitrogens with zero attached hydrogens (tertiary/aromatic N) is 1. The SMILES string of the molecule is Cl.NC1CCC2CN(Cc3ccc(Cl)c(Cl)c3)CC12. The molecule has 3 unspecified atom stereocenters. The summed E-state index contributed by atoms with van der Waals surface area (Å²) >= 11 is 12.0. The third-order valence-electron chi connectivity index (χ3n) is 4.38. The third-order valence-corrected chi connectivity index (χ3v) is 5.12. The summed E-state index contributed by atoms with van der Waals surface area (Å²) in [5.41, 5.74) is 7.39. The summed E-state index contributed by atoms with van der Waals surface area (Å²) in [4.78, 5) is 2.49. The molecule has 1 saturated heterocycles. The van der Waals surface area contributed by atoms with E-state index in [1.54, 1.807) is 0 Å². The van der Waals surface area contributed by atoms with E-state index in [0.29, 0.717) is 22.0 Å². The minimum Gasteiger partial charge on any atom is -0.327 e. The maximum atomic E-state index is 6.15. The Morgan fingerprint density at radius 1 is 1.16 bits per heavy atom. The molecule has 5 heteroatoms. The predicted molar refractivity (Wildman–Crippen MR) is 83.2 cm³/mol. The zero-order chi connectivity index (χ0) is 12.7. The molecule has 3 atom stereocenters. The fourth-order valence-electron chi connectivity index (χ4n) is 3.43. The first-order valence-electron chi connectivity index (χ1n) is 6.55. The van der Waals surface area contributed by atoms with E-state index in [1.807, 2.05) is 12.1 Å². The number of hydrogen-bond acceptors (Lipinski definition) is 2. The minimum absolute atomic E-state index is 0. The Morgan fingerprint density at radius 2 is 1.95 bits per heavy atom. The standard InChI is InChI=1S/C14H18Cl2N2.ClH/c15-12-3-1-9(5-13(12)16)6-18-7-10-2-4-14(17)11(10)8-18;/h1,3,5,10-11,14H,2,4,6-8,17H2;1H. The van der Waals surface area contributed by atoms with Crippen LogP contribution in [0.25, 0.3) is 0 Å². The molecule has 0 amide bonds. The highest BCUT2D eigenvalue weighted by atomic mass is 35.5. The molecule has 0 aromatic heterocycles. The highest BCUT2D eigenvalue weighted by Gasteiger charge is 2.40.